The van der Waals surface area contributed by atoms with Gasteiger partial charge in [0.1, 0.15) is 5.75 Å². The Bertz CT molecular complexity index is 885. The van der Waals surface area contributed by atoms with Gasteiger partial charge in [0.05, 0.1) is 5.56 Å². The van der Waals surface area contributed by atoms with E-state index in [1.54, 1.807) is 12.1 Å². The van der Waals surface area contributed by atoms with Crippen LogP contribution < -0.4 is 5.32 Å². The number of anilines is 1. The zero-order chi connectivity index (χ0) is 17.8. The van der Waals surface area contributed by atoms with E-state index >= 15 is 0 Å². The zero-order valence-corrected chi connectivity index (χ0v) is 13.6. The van der Waals surface area contributed by atoms with Gasteiger partial charge in [0.2, 0.25) is 5.13 Å². The van der Waals surface area contributed by atoms with Crippen molar-refractivity contribution in [2.24, 2.45) is 0 Å². The van der Waals surface area contributed by atoms with Crippen LogP contribution >= 0.6 is 11.3 Å². The van der Waals surface area contributed by atoms with Crippen molar-refractivity contribution >= 4 is 22.4 Å². The average Bonchev–Trinajstić information content (AvgIpc) is 3.06. The molecule has 2 N–H and O–H groups in total. The van der Waals surface area contributed by atoms with Crippen LogP contribution in [0.3, 0.4) is 0 Å². The molecule has 3 rings (SSSR count). The fourth-order valence-electron chi connectivity index (χ4n) is 2.24. The summed E-state index contributed by atoms with van der Waals surface area (Å²) in [5.74, 6) is -0.836. The van der Waals surface area contributed by atoms with Gasteiger partial charge in [-0.2, -0.15) is 0 Å². The van der Waals surface area contributed by atoms with Crippen molar-refractivity contribution in [3.63, 3.8) is 0 Å². The van der Waals surface area contributed by atoms with Crippen LogP contribution in [0.4, 0.5) is 13.9 Å². The minimum atomic E-state index is -2.74. The number of carbonyl (C=O) groups excluding carboxylic acids is 1. The molecular formula is C17H13F2N3O2S. The van der Waals surface area contributed by atoms with Crippen molar-refractivity contribution in [3.05, 3.63) is 70.2 Å². The Morgan fingerprint density at radius 2 is 1.88 bits per heavy atom. The summed E-state index contributed by atoms with van der Waals surface area (Å²) < 4.78 is 25.0. The molecule has 0 atom stereocenters. The summed E-state index contributed by atoms with van der Waals surface area (Å²) in [7, 11) is 0. The topological polar surface area (TPSA) is 75.1 Å². The SMILES string of the molecule is O=C(Nc1nnc(C(F)F)s1)c1cc(Cc2ccccc2)ccc1O. The van der Waals surface area contributed by atoms with E-state index in [9.17, 15) is 18.7 Å². The number of phenolic OH excluding ortho intramolecular Hbond substituents is 1. The highest BCUT2D eigenvalue weighted by molar-refractivity contribution is 7.15. The number of nitrogens with zero attached hydrogens (tertiary/aromatic N) is 2. The van der Waals surface area contributed by atoms with Crippen molar-refractivity contribution < 1.29 is 18.7 Å². The van der Waals surface area contributed by atoms with Crippen LogP contribution in [0.15, 0.2) is 48.5 Å². The number of aromatic nitrogens is 2. The summed E-state index contributed by atoms with van der Waals surface area (Å²) in [5.41, 5.74) is 1.94. The molecule has 0 unspecified atom stereocenters. The molecule has 3 aromatic rings. The standard InChI is InChI=1S/C17H13F2N3O2S/c18-14(19)16-21-22-17(25-16)20-15(24)12-9-11(6-7-13(12)23)8-10-4-2-1-3-5-10/h1-7,9,14,23H,8H2,(H,20,22,24). The smallest absolute Gasteiger partial charge is 0.291 e. The summed E-state index contributed by atoms with van der Waals surface area (Å²) in [5, 5.41) is 18.6. The molecule has 0 fully saturated rings. The lowest BCUT2D eigenvalue weighted by Crippen LogP contribution is -2.12. The van der Waals surface area contributed by atoms with Crippen molar-refractivity contribution in [1.29, 1.82) is 0 Å². The molecule has 0 spiro atoms. The molecule has 0 aliphatic rings. The van der Waals surface area contributed by atoms with Crippen LogP contribution in [0.5, 0.6) is 5.75 Å². The first kappa shape index (κ1) is 17.0. The molecule has 8 heteroatoms. The Kier molecular flexibility index (Phi) is 4.99. The van der Waals surface area contributed by atoms with E-state index < -0.39 is 17.3 Å². The lowest BCUT2D eigenvalue weighted by molar-refractivity contribution is 0.102. The van der Waals surface area contributed by atoms with Gasteiger partial charge in [-0.15, -0.1) is 10.2 Å². The lowest BCUT2D eigenvalue weighted by atomic mass is 10.0. The van der Waals surface area contributed by atoms with Crippen molar-refractivity contribution in [1.82, 2.24) is 10.2 Å². The number of nitrogens with one attached hydrogen (secondary N) is 1. The highest BCUT2D eigenvalue weighted by Crippen LogP contribution is 2.27. The number of hydrogen-bond donors (Lipinski definition) is 2. The number of alkyl halides is 2. The number of halogens is 2. The zero-order valence-electron chi connectivity index (χ0n) is 12.8. The molecule has 0 saturated heterocycles. The number of hydrogen-bond acceptors (Lipinski definition) is 5. The molecule has 0 aliphatic heterocycles. The summed E-state index contributed by atoms with van der Waals surface area (Å²) in [6.45, 7) is 0. The van der Waals surface area contributed by atoms with E-state index in [1.807, 2.05) is 30.3 Å². The summed E-state index contributed by atoms with van der Waals surface area (Å²) >= 11 is 0.591. The van der Waals surface area contributed by atoms with Gasteiger partial charge in [0.25, 0.3) is 12.3 Å². The molecule has 0 radical (unpaired) electrons. The van der Waals surface area contributed by atoms with Crippen molar-refractivity contribution in [3.8, 4) is 5.75 Å². The van der Waals surface area contributed by atoms with Gasteiger partial charge in [-0.1, -0.05) is 47.7 Å². The fraction of sp³-hybridized carbons (Fsp3) is 0.118. The van der Waals surface area contributed by atoms with E-state index in [0.29, 0.717) is 17.8 Å². The first-order valence-electron chi connectivity index (χ1n) is 7.31. The molecular weight excluding hydrogens is 348 g/mol. The number of benzene rings is 2. The number of aromatic hydroxyl groups is 1. The molecule has 1 aromatic heterocycles. The molecule has 1 heterocycles. The quantitative estimate of drug-likeness (QED) is 0.720. The van der Waals surface area contributed by atoms with Crippen molar-refractivity contribution in [2.75, 3.05) is 5.32 Å². The molecule has 128 valence electrons. The number of phenols is 1. The monoisotopic (exact) mass is 361 g/mol. The summed E-state index contributed by atoms with van der Waals surface area (Å²) in [6, 6.07) is 14.4. The van der Waals surface area contributed by atoms with Gasteiger partial charge in [-0.3, -0.25) is 10.1 Å². The molecule has 5 nitrogen and oxygen atoms in total. The molecule has 0 aliphatic carbocycles. The van der Waals surface area contributed by atoms with E-state index in [-0.39, 0.29) is 16.4 Å². The minimum absolute atomic E-state index is 0.0437. The van der Waals surface area contributed by atoms with Gasteiger partial charge < -0.3 is 5.11 Å². The Hall–Kier alpha value is -2.87. The van der Waals surface area contributed by atoms with Crippen LogP contribution in [0, 0.1) is 0 Å². The van der Waals surface area contributed by atoms with Crippen LogP contribution in [0.2, 0.25) is 0 Å². The van der Waals surface area contributed by atoms with Gasteiger partial charge >= 0.3 is 0 Å². The highest BCUT2D eigenvalue weighted by atomic mass is 32.1. The molecule has 2 aromatic carbocycles. The first-order valence-corrected chi connectivity index (χ1v) is 8.13. The highest BCUT2D eigenvalue weighted by Gasteiger charge is 2.18. The van der Waals surface area contributed by atoms with Gasteiger partial charge in [-0.05, 0) is 29.7 Å². The third-order valence-corrected chi connectivity index (χ3v) is 4.25. The van der Waals surface area contributed by atoms with E-state index in [0.717, 1.165) is 11.1 Å². The largest absolute Gasteiger partial charge is 0.507 e. The second kappa shape index (κ2) is 7.35. The first-order chi connectivity index (χ1) is 12.0. The Morgan fingerprint density at radius 3 is 2.56 bits per heavy atom. The summed E-state index contributed by atoms with van der Waals surface area (Å²) in [6.07, 6.45) is -2.15. The van der Waals surface area contributed by atoms with Crippen LogP contribution in [-0.4, -0.2) is 21.2 Å². The lowest BCUT2D eigenvalue weighted by Gasteiger charge is -2.07. The molecule has 1 amide bonds. The second-order valence-electron chi connectivity index (χ2n) is 5.21. The van der Waals surface area contributed by atoms with Crippen LogP contribution in [-0.2, 0) is 6.42 Å². The predicted octanol–water partition coefficient (Wildman–Crippen LogP) is 4.02. The van der Waals surface area contributed by atoms with Gasteiger partial charge in [0.15, 0.2) is 5.01 Å². The van der Waals surface area contributed by atoms with E-state index in [1.165, 1.54) is 6.07 Å². The van der Waals surface area contributed by atoms with Gasteiger partial charge in [0, 0.05) is 0 Å². The van der Waals surface area contributed by atoms with Gasteiger partial charge in [-0.25, -0.2) is 8.78 Å². The fourth-order valence-corrected chi connectivity index (χ4v) is 2.84. The minimum Gasteiger partial charge on any atom is -0.507 e. The predicted molar refractivity (Wildman–Crippen MR) is 90.2 cm³/mol. The van der Waals surface area contributed by atoms with E-state index in [4.69, 9.17) is 0 Å². The maximum Gasteiger partial charge on any atom is 0.291 e. The second-order valence-corrected chi connectivity index (χ2v) is 6.22. The normalized spacial score (nSPS) is 10.8. The number of amides is 1. The molecule has 25 heavy (non-hydrogen) atoms. The maximum absolute atomic E-state index is 12.5. The number of carbonyl (C=O) groups is 1. The third kappa shape index (κ3) is 4.16. The Balaban J connectivity index is 1.78. The molecule has 0 saturated carbocycles. The number of rotatable bonds is 5. The average molecular weight is 361 g/mol. The maximum atomic E-state index is 12.5. The molecule has 0 bridgehead atoms. The summed E-state index contributed by atoms with van der Waals surface area (Å²) in [4.78, 5) is 12.3. The van der Waals surface area contributed by atoms with Crippen molar-refractivity contribution in [2.45, 2.75) is 12.8 Å². The van der Waals surface area contributed by atoms with Crippen LogP contribution in [0.1, 0.15) is 32.9 Å². The Labute approximate surface area is 146 Å². The Morgan fingerprint density at radius 1 is 1.12 bits per heavy atom. The third-order valence-electron chi connectivity index (χ3n) is 3.40. The van der Waals surface area contributed by atoms with Crippen LogP contribution in [0.25, 0.3) is 0 Å². The van der Waals surface area contributed by atoms with E-state index in [2.05, 4.69) is 15.5 Å².